The van der Waals surface area contributed by atoms with Crippen molar-refractivity contribution in [3.8, 4) is 0 Å². The Hall–Kier alpha value is -3.47. The molecule has 0 aliphatic rings. The van der Waals surface area contributed by atoms with E-state index in [1.54, 1.807) is 0 Å². The predicted octanol–water partition coefficient (Wildman–Crippen LogP) is 3.86. The number of carbonyl (C=O) groups is 6. The third kappa shape index (κ3) is 30.3. The van der Waals surface area contributed by atoms with E-state index in [-0.39, 0.29) is 74.6 Å². The van der Waals surface area contributed by atoms with Crippen LogP contribution in [-0.4, -0.2) is 104 Å². The Kier molecular flexibility index (Phi) is 35.0. The summed E-state index contributed by atoms with van der Waals surface area (Å²) < 4.78 is 5.73. The first-order valence-corrected chi connectivity index (χ1v) is 23.3. The van der Waals surface area contributed by atoms with Crippen molar-refractivity contribution in [1.82, 2.24) is 16.0 Å². The maximum absolute atomic E-state index is 14.1. The summed E-state index contributed by atoms with van der Waals surface area (Å²) in [5, 5.41) is 18.2. The summed E-state index contributed by atoms with van der Waals surface area (Å²) in [7, 11) is 0. The highest BCUT2D eigenvalue weighted by Gasteiger charge is 2.33. The topological polar surface area (TPSA) is 284 Å². The van der Waals surface area contributed by atoms with Crippen molar-refractivity contribution < 1.29 is 38.6 Å². The average molecular weight is 867 g/mol. The number of amides is 3. The third-order valence-electron chi connectivity index (χ3n) is 10.8. The fourth-order valence-electron chi connectivity index (χ4n) is 7.13. The maximum atomic E-state index is 14.1. The van der Waals surface area contributed by atoms with Crippen molar-refractivity contribution in [3.63, 3.8) is 0 Å². The molecule has 0 bridgehead atoms. The molecular weight excluding hydrogens is 781 g/mol. The number of nitrogens with zero attached hydrogens (tertiary/aromatic N) is 1. The van der Waals surface area contributed by atoms with Crippen molar-refractivity contribution in [3.05, 3.63) is 0 Å². The Balaban J connectivity index is 5.72. The van der Waals surface area contributed by atoms with Crippen LogP contribution in [0.25, 0.3) is 0 Å². The monoisotopic (exact) mass is 867 g/mol. The number of unbranched alkanes of at least 4 members (excludes halogenated alkanes) is 11. The van der Waals surface area contributed by atoms with Gasteiger partial charge >= 0.3 is 0 Å². The summed E-state index contributed by atoms with van der Waals surface area (Å²) in [5.41, 5.74) is 22.4. The smallest absolute Gasteiger partial charge is 0.243 e. The second-order valence-electron chi connectivity index (χ2n) is 17.0. The van der Waals surface area contributed by atoms with E-state index in [0.717, 1.165) is 12.8 Å². The van der Waals surface area contributed by atoms with Crippen LogP contribution in [0.2, 0.25) is 0 Å². The van der Waals surface area contributed by atoms with E-state index >= 15 is 0 Å². The van der Waals surface area contributed by atoms with Gasteiger partial charge < -0.3 is 48.7 Å². The van der Waals surface area contributed by atoms with E-state index in [4.69, 9.17) is 27.7 Å². The highest BCUT2D eigenvalue weighted by atomic mass is 16.5. The lowest BCUT2D eigenvalue weighted by molar-refractivity contribution is -0.135. The van der Waals surface area contributed by atoms with Gasteiger partial charge in [-0.05, 0) is 90.1 Å². The van der Waals surface area contributed by atoms with Crippen LogP contribution in [0.15, 0.2) is 4.99 Å². The van der Waals surface area contributed by atoms with Crippen molar-refractivity contribution >= 4 is 41.0 Å². The Bertz CT molecular complexity index is 1260. The Morgan fingerprint density at radius 3 is 1.64 bits per heavy atom. The zero-order valence-electron chi connectivity index (χ0n) is 38.3. The van der Waals surface area contributed by atoms with Crippen LogP contribution in [0.1, 0.15) is 169 Å². The van der Waals surface area contributed by atoms with Gasteiger partial charge in [-0.1, -0.05) is 78.6 Å². The predicted molar refractivity (Wildman–Crippen MR) is 242 cm³/mol. The number of ketones is 3. The number of carbonyl (C=O) groups excluding carboxylic acids is 6. The number of nitrogens with one attached hydrogen (secondary N) is 3. The van der Waals surface area contributed by atoms with Gasteiger partial charge in [0.25, 0.3) is 0 Å². The highest BCUT2D eigenvalue weighted by molar-refractivity contribution is 5.96. The zero-order chi connectivity index (χ0) is 45.8. The van der Waals surface area contributed by atoms with Gasteiger partial charge in [0.1, 0.15) is 11.8 Å². The summed E-state index contributed by atoms with van der Waals surface area (Å²) in [6.45, 7) is 8.68. The largest absolute Gasteiger partial charge is 0.396 e. The van der Waals surface area contributed by atoms with Gasteiger partial charge in [-0.2, -0.15) is 0 Å². The minimum atomic E-state index is -1.01. The molecule has 3 amide bonds. The van der Waals surface area contributed by atoms with Gasteiger partial charge in [0.2, 0.25) is 17.7 Å². The molecule has 0 aromatic rings. The lowest BCUT2D eigenvalue weighted by Gasteiger charge is -2.26. The number of hydrogen-bond acceptors (Lipinski definition) is 11. The number of aliphatic hydroxyl groups is 1. The molecule has 16 nitrogen and oxygen atoms in total. The summed E-state index contributed by atoms with van der Waals surface area (Å²) in [6, 6.07) is -2.86. The molecule has 0 fully saturated rings. The molecule has 5 atom stereocenters. The summed E-state index contributed by atoms with van der Waals surface area (Å²) in [6.07, 6.45) is 15.7. The van der Waals surface area contributed by atoms with Crippen LogP contribution < -0.4 is 38.9 Å². The number of Topliss-reactive ketones (excluding diaryl/α,β-unsaturated/α-hetero) is 3. The van der Waals surface area contributed by atoms with Crippen LogP contribution in [0.4, 0.5) is 0 Å². The second kappa shape index (κ2) is 37.1. The van der Waals surface area contributed by atoms with Gasteiger partial charge in [-0.25, -0.2) is 0 Å². The van der Waals surface area contributed by atoms with Crippen molar-refractivity contribution in [2.24, 2.45) is 45.7 Å². The minimum absolute atomic E-state index is 0.00218. The molecule has 61 heavy (non-hydrogen) atoms. The molecule has 0 aliphatic heterocycles. The average Bonchev–Trinajstić information content (AvgIpc) is 3.21. The van der Waals surface area contributed by atoms with E-state index in [1.807, 2.05) is 13.8 Å². The van der Waals surface area contributed by atoms with Crippen molar-refractivity contribution in [2.75, 3.05) is 39.5 Å². The second-order valence-corrected chi connectivity index (χ2v) is 17.0. The molecule has 16 heteroatoms. The number of aliphatic hydroxyl groups excluding tert-OH is 1. The summed E-state index contributed by atoms with van der Waals surface area (Å²) in [4.78, 5) is 84.1. The number of hydrogen-bond donors (Lipinski definition) is 8. The van der Waals surface area contributed by atoms with Gasteiger partial charge in [0.15, 0.2) is 17.5 Å². The Morgan fingerprint density at radius 2 is 1.13 bits per heavy atom. The zero-order valence-corrected chi connectivity index (χ0v) is 38.3. The van der Waals surface area contributed by atoms with Crippen LogP contribution in [0.3, 0.4) is 0 Å². The van der Waals surface area contributed by atoms with E-state index in [0.29, 0.717) is 64.6 Å². The molecule has 0 rings (SSSR count). The number of ether oxygens (including phenoxy) is 1. The fraction of sp³-hybridized carbons (Fsp3) is 0.844. The molecule has 0 saturated heterocycles. The molecule has 0 aliphatic carbocycles. The molecule has 0 aromatic carbocycles. The van der Waals surface area contributed by atoms with E-state index in [2.05, 4.69) is 27.9 Å². The lowest BCUT2D eigenvalue weighted by atomic mass is 9.87. The fourth-order valence-corrected chi connectivity index (χ4v) is 7.13. The van der Waals surface area contributed by atoms with E-state index < -0.39 is 54.2 Å². The molecule has 354 valence electrons. The molecule has 12 N–H and O–H groups in total. The van der Waals surface area contributed by atoms with Crippen molar-refractivity contribution in [2.45, 2.75) is 187 Å². The number of nitrogens with two attached hydrogens (primary N) is 4. The molecule has 0 radical (unpaired) electrons. The minimum Gasteiger partial charge on any atom is -0.396 e. The van der Waals surface area contributed by atoms with E-state index in [9.17, 15) is 33.9 Å². The van der Waals surface area contributed by atoms with Gasteiger partial charge in [0.05, 0.1) is 25.3 Å². The standard InChI is InChI=1S/C45H86N8O8/c1-5-6-7-8-9-10-11-12-13-18-27-61-28-23-42(58)51-39(21-15-17-25-47)44(60)53-37(20-14-16-24-46)40(56)30-35(29-33(2)3)43(59)52-38(22-19-26-50-45(48)49)41(57)31-36(32-54)34(4)55/h33,35-39,54H,5-32,46-47H2,1-4H3,(H,51,58)(H,52,59)(H,53,60)(H4,48,49,50)/t35-,36+,37+,38+,39+/m1/s1. The number of guanidine groups is 1. The number of rotatable bonds is 41. The van der Waals surface area contributed by atoms with Crippen molar-refractivity contribution in [1.29, 1.82) is 0 Å². The molecule has 0 aromatic heterocycles. The SMILES string of the molecule is CCCCCCCCCCCCOCCC(=O)N[C@@H](CCCCN)C(=O)N[C@@H](CCCCN)C(=O)C[C@@H](CC(C)C)C(=O)N[C@@H](CCCN=C(N)N)C(=O)C[C@@H](CO)C(C)=O. The van der Waals surface area contributed by atoms with Gasteiger partial charge in [0, 0.05) is 44.2 Å². The summed E-state index contributed by atoms with van der Waals surface area (Å²) >= 11 is 0. The lowest BCUT2D eigenvalue weighted by Crippen LogP contribution is -2.52. The normalized spacial score (nSPS) is 13.8. The molecule has 0 unspecified atom stereocenters. The van der Waals surface area contributed by atoms with Gasteiger partial charge in [-0.15, -0.1) is 0 Å². The first-order valence-electron chi connectivity index (χ1n) is 23.3. The summed E-state index contributed by atoms with van der Waals surface area (Å²) in [5.74, 6) is -4.34. The quantitative estimate of drug-likeness (QED) is 0.0247. The van der Waals surface area contributed by atoms with Crippen LogP contribution in [-0.2, 0) is 33.5 Å². The first kappa shape index (κ1) is 57.5. The molecule has 0 saturated carbocycles. The number of aliphatic imine (C=N–C) groups is 1. The third-order valence-corrected chi connectivity index (χ3v) is 10.8. The van der Waals surface area contributed by atoms with Crippen LogP contribution >= 0.6 is 0 Å². The Labute approximate surface area is 367 Å². The molecular formula is C45H86N8O8. The first-order chi connectivity index (χ1) is 29.2. The Morgan fingerprint density at radius 1 is 0.623 bits per heavy atom. The van der Waals surface area contributed by atoms with Crippen LogP contribution in [0.5, 0.6) is 0 Å². The van der Waals surface area contributed by atoms with Crippen LogP contribution in [0, 0.1) is 17.8 Å². The molecule has 0 spiro atoms. The van der Waals surface area contributed by atoms with Gasteiger partial charge in [-0.3, -0.25) is 33.8 Å². The molecule has 0 heterocycles. The van der Waals surface area contributed by atoms with E-state index in [1.165, 1.54) is 58.3 Å². The highest BCUT2D eigenvalue weighted by Crippen LogP contribution is 2.20. The maximum Gasteiger partial charge on any atom is 0.243 e.